The van der Waals surface area contributed by atoms with Crippen molar-refractivity contribution in [2.24, 2.45) is 22.7 Å². The Kier molecular flexibility index (Phi) is 2.15. The fourth-order valence-corrected chi connectivity index (χ4v) is 4.65. The van der Waals surface area contributed by atoms with Crippen LogP contribution in [0.2, 0.25) is 0 Å². The summed E-state index contributed by atoms with van der Waals surface area (Å²) in [5.41, 5.74) is -0.191. The van der Waals surface area contributed by atoms with Gasteiger partial charge in [-0.05, 0) is 36.5 Å². The quantitative estimate of drug-likeness (QED) is 0.690. The van der Waals surface area contributed by atoms with Gasteiger partial charge in [-0.1, -0.05) is 33.8 Å². The molecule has 2 fully saturated rings. The third-order valence-electron chi connectivity index (χ3n) is 6.07. The Bertz CT molecular complexity index is 294. The van der Waals surface area contributed by atoms with E-state index in [1.807, 2.05) is 6.08 Å². The van der Waals surface area contributed by atoms with Gasteiger partial charge in [-0.3, -0.25) is 0 Å². The van der Waals surface area contributed by atoms with E-state index in [9.17, 15) is 5.11 Å². The van der Waals surface area contributed by atoms with E-state index >= 15 is 0 Å². The van der Waals surface area contributed by atoms with Crippen LogP contribution < -0.4 is 0 Å². The summed E-state index contributed by atoms with van der Waals surface area (Å²) in [5, 5.41) is 11.0. The second-order valence-electron chi connectivity index (χ2n) is 6.40. The van der Waals surface area contributed by atoms with Crippen molar-refractivity contribution >= 4 is 0 Å². The molecule has 0 aromatic carbocycles. The summed E-state index contributed by atoms with van der Waals surface area (Å²) in [6.45, 7) is 13.0. The van der Waals surface area contributed by atoms with Gasteiger partial charge in [0.25, 0.3) is 0 Å². The fourth-order valence-electron chi connectivity index (χ4n) is 4.65. The number of fused-ring (bicyclic) bond motifs is 2. The van der Waals surface area contributed by atoms with E-state index in [2.05, 4.69) is 34.3 Å². The van der Waals surface area contributed by atoms with Gasteiger partial charge in [0.05, 0.1) is 5.60 Å². The van der Waals surface area contributed by atoms with E-state index in [1.54, 1.807) is 0 Å². The minimum Gasteiger partial charge on any atom is -0.389 e. The van der Waals surface area contributed by atoms with Gasteiger partial charge in [-0.15, -0.1) is 6.58 Å². The van der Waals surface area contributed by atoms with Crippen molar-refractivity contribution in [3.8, 4) is 0 Å². The third-order valence-corrected chi connectivity index (χ3v) is 6.07. The van der Waals surface area contributed by atoms with E-state index in [1.165, 1.54) is 12.8 Å². The highest BCUT2D eigenvalue weighted by atomic mass is 16.3. The highest BCUT2D eigenvalue weighted by molar-refractivity contribution is 5.21. The summed E-state index contributed by atoms with van der Waals surface area (Å²) in [6, 6.07) is 0. The molecule has 86 valence electrons. The van der Waals surface area contributed by atoms with Crippen LogP contribution >= 0.6 is 0 Å². The predicted octanol–water partition coefficient (Wildman–Crippen LogP) is 3.39. The smallest absolute Gasteiger partial charge is 0.0768 e. The average Bonchev–Trinajstić information content (AvgIpc) is 2.42. The topological polar surface area (TPSA) is 20.2 Å². The molecule has 2 saturated carbocycles. The molecular formula is C14H24O. The van der Waals surface area contributed by atoms with Crippen molar-refractivity contribution in [1.29, 1.82) is 0 Å². The predicted molar refractivity (Wildman–Crippen MR) is 63.5 cm³/mol. The van der Waals surface area contributed by atoms with Gasteiger partial charge in [-0.25, -0.2) is 0 Å². The molecule has 2 rings (SSSR count). The molecule has 0 aromatic rings. The summed E-state index contributed by atoms with van der Waals surface area (Å²) in [4.78, 5) is 0. The minimum atomic E-state index is -0.527. The van der Waals surface area contributed by atoms with E-state index in [0.29, 0.717) is 11.8 Å². The molecule has 4 atom stereocenters. The molecule has 1 N–H and O–H groups in total. The average molecular weight is 208 g/mol. The summed E-state index contributed by atoms with van der Waals surface area (Å²) < 4.78 is 0. The molecule has 2 bridgehead atoms. The maximum absolute atomic E-state index is 11.0. The molecule has 0 amide bonds. The zero-order valence-corrected chi connectivity index (χ0v) is 10.5. The largest absolute Gasteiger partial charge is 0.389 e. The lowest BCUT2D eigenvalue weighted by atomic mass is 9.62. The van der Waals surface area contributed by atoms with E-state index < -0.39 is 5.60 Å². The highest BCUT2D eigenvalue weighted by Gasteiger charge is 2.71. The molecule has 0 unspecified atom stereocenters. The number of hydrogen-bond acceptors (Lipinski definition) is 1. The first-order valence-corrected chi connectivity index (χ1v) is 6.14. The van der Waals surface area contributed by atoms with Crippen molar-refractivity contribution in [3.63, 3.8) is 0 Å². The molecule has 0 saturated heterocycles. The van der Waals surface area contributed by atoms with E-state index in [-0.39, 0.29) is 10.8 Å². The second kappa shape index (κ2) is 2.88. The maximum atomic E-state index is 11.0. The lowest BCUT2D eigenvalue weighted by Gasteiger charge is -2.47. The Morgan fingerprint density at radius 2 is 2.00 bits per heavy atom. The number of aliphatic hydroxyl groups is 1. The molecule has 0 aliphatic heterocycles. The Balaban J connectivity index is 2.48. The second-order valence-corrected chi connectivity index (χ2v) is 6.40. The molecule has 0 heterocycles. The standard InChI is InChI=1S/C14H24O/c1-6-8-14(15)10(2)11-7-9-13(14,5)12(11,3)4/h6,10-11,15H,1,7-9H2,2-5H3/t10-,11+,13+,14-/m0/s1. The van der Waals surface area contributed by atoms with Crippen LogP contribution in [0.1, 0.15) is 47.0 Å². The van der Waals surface area contributed by atoms with Crippen LogP contribution in [0.5, 0.6) is 0 Å². The normalized spacial score (nSPS) is 52.1. The van der Waals surface area contributed by atoms with Crippen LogP contribution in [0.25, 0.3) is 0 Å². The molecule has 2 aliphatic carbocycles. The lowest BCUT2D eigenvalue weighted by Crippen LogP contribution is -2.50. The van der Waals surface area contributed by atoms with E-state index in [0.717, 1.165) is 6.42 Å². The first kappa shape index (κ1) is 11.2. The third kappa shape index (κ3) is 0.982. The summed E-state index contributed by atoms with van der Waals surface area (Å²) >= 11 is 0. The summed E-state index contributed by atoms with van der Waals surface area (Å²) in [5.74, 6) is 1.08. The van der Waals surface area contributed by atoms with Crippen molar-refractivity contribution < 1.29 is 5.11 Å². The van der Waals surface area contributed by atoms with Crippen LogP contribution in [0, 0.1) is 22.7 Å². The summed E-state index contributed by atoms with van der Waals surface area (Å²) in [6.07, 6.45) is 5.08. The number of rotatable bonds is 2. The zero-order chi connectivity index (χ0) is 11.5. The van der Waals surface area contributed by atoms with Crippen molar-refractivity contribution in [3.05, 3.63) is 12.7 Å². The Morgan fingerprint density at radius 1 is 1.40 bits per heavy atom. The summed E-state index contributed by atoms with van der Waals surface area (Å²) in [7, 11) is 0. The van der Waals surface area contributed by atoms with E-state index in [4.69, 9.17) is 0 Å². The SMILES string of the molecule is C=CC[C@]1(O)[C@@H](C)[C@H]2CC[C@]1(C)C2(C)C. The first-order chi connectivity index (χ1) is 6.81. The monoisotopic (exact) mass is 208 g/mol. The molecule has 1 heteroatoms. The Morgan fingerprint density at radius 3 is 2.40 bits per heavy atom. The first-order valence-electron chi connectivity index (χ1n) is 6.14. The van der Waals surface area contributed by atoms with Crippen LogP contribution in [0.15, 0.2) is 12.7 Å². The maximum Gasteiger partial charge on any atom is 0.0768 e. The molecule has 0 radical (unpaired) electrons. The van der Waals surface area contributed by atoms with Gasteiger partial charge < -0.3 is 5.11 Å². The molecule has 15 heavy (non-hydrogen) atoms. The van der Waals surface area contributed by atoms with Gasteiger partial charge in [0, 0.05) is 5.41 Å². The molecule has 2 aliphatic rings. The fraction of sp³-hybridized carbons (Fsp3) is 0.857. The molecule has 1 nitrogen and oxygen atoms in total. The number of hydrogen-bond donors (Lipinski definition) is 1. The van der Waals surface area contributed by atoms with Crippen LogP contribution in [0.3, 0.4) is 0 Å². The lowest BCUT2D eigenvalue weighted by molar-refractivity contribution is -0.111. The minimum absolute atomic E-state index is 0.0677. The van der Waals surface area contributed by atoms with Crippen LogP contribution in [-0.4, -0.2) is 10.7 Å². The van der Waals surface area contributed by atoms with Crippen molar-refractivity contribution in [2.45, 2.75) is 52.6 Å². The highest BCUT2D eigenvalue weighted by Crippen LogP contribution is 2.72. The Labute approximate surface area is 93.6 Å². The van der Waals surface area contributed by atoms with Crippen LogP contribution in [-0.2, 0) is 0 Å². The van der Waals surface area contributed by atoms with Gasteiger partial charge in [0.15, 0.2) is 0 Å². The van der Waals surface area contributed by atoms with Gasteiger partial charge in [-0.2, -0.15) is 0 Å². The van der Waals surface area contributed by atoms with Gasteiger partial charge in [0.2, 0.25) is 0 Å². The zero-order valence-electron chi connectivity index (χ0n) is 10.5. The van der Waals surface area contributed by atoms with Crippen molar-refractivity contribution in [2.75, 3.05) is 0 Å². The molecule has 0 aromatic heterocycles. The molecular weight excluding hydrogens is 184 g/mol. The van der Waals surface area contributed by atoms with Crippen LogP contribution in [0.4, 0.5) is 0 Å². The molecule has 0 spiro atoms. The Hall–Kier alpha value is -0.300. The van der Waals surface area contributed by atoms with Gasteiger partial charge >= 0.3 is 0 Å². The van der Waals surface area contributed by atoms with Gasteiger partial charge in [0.1, 0.15) is 0 Å². The van der Waals surface area contributed by atoms with Crippen molar-refractivity contribution in [1.82, 2.24) is 0 Å².